The fourth-order valence-corrected chi connectivity index (χ4v) is 6.22. The van der Waals surface area contributed by atoms with Crippen LogP contribution in [0, 0.1) is 5.82 Å². The minimum absolute atomic E-state index is 0. The van der Waals surface area contributed by atoms with Crippen LogP contribution in [0.1, 0.15) is 55.8 Å². The Balaban J connectivity index is 0.00000385. The van der Waals surface area contributed by atoms with E-state index in [4.69, 9.17) is 23.2 Å². The van der Waals surface area contributed by atoms with Gasteiger partial charge in [0, 0.05) is 56.5 Å². The third-order valence-corrected chi connectivity index (χ3v) is 9.19. The number of hydrogen-bond acceptors (Lipinski definition) is 4. The maximum Gasteiger partial charge on any atom is 0.248 e. The molecule has 0 amide bonds. The Morgan fingerprint density at radius 1 is 1.03 bits per heavy atom. The predicted octanol–water partition coefficient (Wildman–Crippen LogP) is 5.43. The highest BCUT2D eigenvalue weighted by molar-refractivity contribution is 7.89. The van der Waals surface area contributed by atoms with Gasteiger partial charge in [0.05, 0.1) is 15.8 Å². The molecule has 0 unspecified atom stereocenters. The smallest absolute Gasteiger partial charge is 0.248 e. The average Bonchev–Trinajstić information content (AvgIpc) is 2.76. The molecule has 1 saturated carbocycles. The van der Waals surface area contributed by atoms with Crippen LogP contribution in [0.25, 0.3) is 0 Å². The highest BCUT2D eigenvalue weighted by Gasteiger charge is 2.47. The number of Topliss-reactive ketones (excluding diaryl/α,β-unsaturated/α-hetero) is 1. The summed E-state index contributed by atoms with van der Waals surface area (Å²) in [4.78, 5) is 14.9. The van der Waals surface area contributed by atoms with E-state index in [2.05, 4.69) is 4.90 Å². The first-order chi connectivity index (χ1) is 14.9. The number of hydrogen-bond donors (Lipinski definition) is 0. The van der Waals surface area contributed by atoms with Gasteiger partial charge >= 0.3 is 0 Å². The molecule has 2 fully saturated rings. The molecule has 1 aromatic carbocycles. The molecule has 5 nitrogen and oxygen atoms in total. The van der Waals surface area contributed by atoms with E-state index in [9.17, 15) is 26.4 Å². The number of carbonyl (C=O) groups excluding carboxylic acids is 1. The molecule has 0 N–H and O–H groups in total. The summed E-state index contributed by atoms with van der Waals surface area (Å²) >= 11 is 11.8. The zero-order chi connectivity index (χ0) is 23.7. The first kappa shape index (κ1) is 28.7. The van der Waals surface area contributed by atoms with Crippen molar-refractivity contribution >= 4 is 51.4 Å². The van der Waals surface area contributed by atoms with Crippen LogP contribution in [0.15, 0.2) is 12.1 Å². The second kappa shape index (κ2) is 11.0. The second-order valence-electron chi connectivity index (χ2n) is 8.54. The number of sulfonamides is 1. The minimum atomic E-state index is -3.32. The van der Waals surface area contributed by atoms with Gasteiger partial charge in [-0.1, -0.05) is 23.2 Å². The van der Waals surface area contributed by atoms with Crippen LogP contribution in [-0.4, -0.2) is 66.8 Å². The van der Waals surface area contributed by atoms with Crippen molar-refractivity contribution < 1.29 is 26.4 Å². The number of ketones is 1. The molecule has 0 atom stereocenters. The largest absolute Gasteiger partial charge is 0.295 e. The van der Waals surface area contributed by atoms with E-state index >= 15 is 0 Å². The molecule has 1 aliphatic carbocycles. The standard InChI is InChI=1S/C21H27Cl2F3N2O3S.ClH/c1-2-32(30,31)28-11-9-27(10-12-28)20(5-7-21(25,26)8-6-20)4-3-19(29)15-13-18(24)17(23)14-16(15)22;/h13-14H,2-12H2,1H3;1H. The number of halogens is 6. The van der Waals surface area contributed by atoms with Crippen molar-refractivity contribution in [2.75, 3.05) is 31.9 Å². The Morgan fingerprint density at radius 2 is 1.61 bits per heavy atom. The van der Waals surface area contributed by atoms with Gasteiger partial charge in [0.15, 0.2) is 5.78 Å². The summed E-state index contributed by atoms with van der Waals surface area (Å²) in [5, 5.41) is -0.138. The van der Waals surface area contributed by atoms with Gasteiger partial charge in [0.1, 0.15) is 5.82 Å². The van der Waals surface area contributed by atoms with Gasteiger partial charge < -0.3 is 0 Å². The first-order valence-corrected chi connectivity index (χ1v) is 13.0. The maximum absolute atomic E-state index is 13.9. The van der Waals surface area contributed by atoms with Crippen molar-refractivity contribution in [2.24, 2.45) is 0 Å². The number of nitrogens with zero attached hydrogens (tertiary/aromatic N) is 2. The van der Waals surface area contributed by atoms with Gasteiger partial charge in [-0.15, -0.1) is 12.4 Å². The highest BCUT2D eigenvalue weighted by Crippen LogP contribution is 2.44. The highest BCUT2D eigenvalue weighted by atomic mass is 35.5. The molecule has 0 spiro atoms. The van der Waals surface area contributed by atoms with Crippen LogP contribution < -0.4 is 0 Å². The predicted molar refractivity (Wildman–Crippen MR) is 126 cm³/mol. The van der Waals surface area contributed by atoms with Crippen molar-refractivity contribution in [1.82, 2.24) is 9.21 Å². The minimum Gasteiger partial charge on any atom is -0.295 e. The summed E-state index contributed by atoms with van der Waals surface area (Å²) in [5.74, 6) is -3.87. The lowest BCUT2D eigenvalue weighted by Crippen LogP contribution is -2.60. The lowest BCUT2D eigenvalue weighted by atomic mass is 9.74. The van der Waals surface area contributed by atoms with Gasteiger partial charge in [-0.2, -0.15) is 4.31 Å². The van der Waals surface area contributed by atoms with Crippen molar-refractivity contribution in [3.63, 3.8) is 0 Å². The van der Waals surface area contributed by atoms with Crippen LogP contribution in [-0.2, 0) is 10.0 Å². The zero-order valence-electron chi connectivity index (χ0n) is 18.3. The Labute approximate surface area is 209 Å². The number of piperazine rings is 1. The number of carbonyl (C=O) groups is 1. The van der Waals surface area contributed by atoms with Gasteiger partial charge in [-0.05, 0) is 38.3 Å². The number of benzene rings is 1. The summed E-state index contributed by atoms with van der Waals surface area (Å²) in [5.41, 5.74) is -0.625. The Morgan fingerprint density at radius 3 is 2.15 bits per heavy atom. The first-order valence-electron chi connectivity index (χ1n) is 10.7. The van der Waals surface area contributed by atoms with E-state index in [0.29, 0.717) is 19.5 Å². The Hall–Kier alpha value is -0.580. The Kier molecular flexibility index (Phi) is 9.55. The lowest BCUT2D eigenvalue weighted by Gasteiger charge is -2.51. The molecule has 1 aromatic rings. The number of rotatable bonds is 7. The zero-order valence-corrected chi connectivity index (χ0v) is 21.4. The van der Waals surface area contributed by atoms with Crippen LogP contribution in [0.5, 0.6) is 0 Å². The third-order valence-electron chi connectivity index (χ3n) is 6.71. The van der Waals surface area contributed by atoms with Crippen molar-refractivity contribution in [3.05, 3.63) is 33.6 Å². The van der Waals surface area contributed by atoms with Crippen LogP contribution in [0.2, 0.25) is 10.0 Å². The number of alkyl halides is 2. The second-order valence-corrected chi connectivity index (χ2v) is 11.6. The normalized spacial score (nSPS) is 21.4. The quantitative estimate of drug-likeness (QED) is 0.335. The summed E-state index contributed by atoms with van der Waals surface area (Å²) in [6.07, 6.45) is 0.159. The van der Waals surface area contributed by atoms with Gasteiger partial charge in [-0.3, -0.25) is 9.69 Å². The van der Waals surface area contributed by atoms with E-state index in [1.54, 1.807) is 6.92 Å². The summed E-state index contributed by atoms with van der Waals surface area (Å²) < 4.78 is 67.5. The Bertz CT molecular complexity index is 961. The molecule has 2 aliphatic rings. The monoisotopic (exact) mass is 550 g/mol. The molecule has 33 heavy (non-hydrogen) atoms. The van der Waals surface area contributed by atoms with E-state index < -0.39 is 27.3 Å². The van der Waals surface area contributed by atoms with Gasteiger partial charge in [0.25, 0.3) is 0 Å². The van der Waals surface area contributed by atoms with E-state index in [0.717, 1.165) is 6.07 Å². The SMILES string of the molecule is CCS(=O)(=O)N1CCN(C2(CCC(=O)c3cc(F)c(Cl)cc3Cl)CCC(F)(F)CC2)CC1.Cl. The van der Waals surface area contributed by atoms with Crippen molar-refractivity contribution in [2.45, 2.75) is 56.9 Å². The maximum atomic E-state index is 13.9. The summed E-state index contributed by atoms with van der Waals surface area (Å²) in [6, 6.07) is 2.18. The molecular formula is C21H28Cl3F3N2O3S. The average molecular weight is 552 g/mol. The molecule has 1 saturated heterocycles. The molecule has 1 aliphatic heterocycles. The topological polar surface area (TPSA) is 57.7 Å². The van der Waals surface area contributed by atoms with E-state index in [1.165, 1.54) is 10.4 Å². The molecular weight excluding hydrogens is 524 g/mol. The molecule has 1 heterocycles. The van der Waals surface area contributed by atoms with E-state index in [1.807, 2.05) is 0 Å². The lowest BCUT2D eigenvalue weighted by molar-refractivity contribution is -0.0891. The van der Waals surface area contributed by atoms with Gasteiger partial charge in [-0.25, -0.2) is 21.6 Å². The van der Waals surface area contributed by atoms with Gasteiger partial charge in [0.2, 0.25) is 15.9 Å². The molecule has 3 rings (SSSR count). The molecule has 0 aromatic heterocycles. The van der Waals surface area contributed by atoms with Crippen LogP contribution in [0.3, 0.4) is 0 Å². The third kappa shape index (κ3) is 6.55. The fourth-order valence-electron chi connectivity index (χ4n) is 4.65. The molecule has 0 bridgehead atoms. The summed E-state index contributed by atoms with van der Waals surface area (Å²) in [7, 11) is -3.32. The molecule has 12 heteroatoms. The van der Waals surface area contributed by atoms with Crippen molar-refractivity contribution in [3.8, 4) is 0 Å². The molecule has 188 valence electrons. The molecule has 0 radical (unpaired) electrons. The van der Waals surface area contributed by atoms with Crippen LogP contribution >= 0.6 is 35.6 Å². The summed E-state index contributed by atoms with van der Waals surface area (Å²) in [6.45, 7) is 2.99. The van der Waals surface area contributed by atoms with Crippen LogP contribution in [0.4, 0.5) is 13.2 Å². The van der Waals surface area contributed by atoms with E-state index in [-0.39, 0.29) is 84.7 Å². The van der Waals surface area contributed by atoms with Crippen molar-refractivity contribution in [1.29, 1.82) is 0 Å². The fraction of sp³-hybridized carbons (Fsp3) is 0.667.